The zero-order valence-corrected chi connectivity index (χ0v) is 16.1. The Labute approximate surface area is 168 Å². The van der Waals surface area contributed by atoms with Crippen molar-refractivity contribution < 1.29 is 9.21 Å². The number of nitrogens with zero attached hydrogens (tertiary/aromatic N) is 4. The van der Waals surface area contributed by atoms with E-state index in [0.717, 1.165) is 18.4 Å². The number of nitrogens with two attached hydrogens (primary N) is 1. The van der Waals surface area contributed by atoms with E-state index >= 15 is 0 Å². The third-order valence-corrected chi connectivity index (χ3v) is 5.45. The topological polar surface area (TPSA) is 109 Å². The predicted molar refractivity (Wildman–Crippen MR) is 108 cm³/mol. The summed E-state index contributed by atoms with van der Waals surface area (Å²) in [6.45, 7) is 3.31. The molecule has 1 aliphatic heterocycles. The first-order valence-corrected chi connectivity index (χ1v) is 9.54. The van der Waals surface area contributed by atoms with Crippen LogP contribution in [-0.4, -0.2) is 34.1 Å². The molecule has 1 saturated heterocycles. The average molecular weight is 387 g/mol. The summed E-state index contributed by atoms with van der Waals surface area (Å²) < 4.78 is 5.32. The molecule has 0 spiro atoms. The molecule has 1 aliphatic rings. The number of nitriles is 1. The Bertz CT molecular complexity index is 1070. The summed E-state index contributed by atoms with van der Waals surface area (Å²) in [5, 5.41) is 16.6. The number of hydrogen-bond donors (Lipinski definition) is 1. The van der Waals surface area contributed by atoms with Crippen LogP contribution < -0.4 is 5.73 Å². The van der Waals surface area contributed by atoms with Gasteiger partial charge >= 0.3 is 6.01 Å². The highest BCUT2D eigenvalue weighted by Crippen LogP contribution is 2.30. The molecule has 2 N–H and O–H groups in total. The van der Waals surface area contributed by atoms with Gasteiger partial charge in [-0.05, 0) is 61.1 Å². The molecule has 0 bridgehead atoms. The molecule has 4 rings (SSSR count). The molecule has 146 valence electrons. The minimum Gasteiger partial charge on any atom is -0.404 e. The van der Waals surface area contributed by atoms with Crippen molar-refractivity contribution in [2.24, 2.45) is 0 Å². The number of piperidine rings is 1. The first kappa shape index (κ1) is 18.7. The monoisotopic (exact) mass is 387 g/mol. The van der Waals surface area contributed by atoms with Crippen molar-refractivity contribution in [3.05, 3.63) is 64.7 Å². The van der Waals surface area contributed by atoms with Crippen LogP contribution in [0.2, 0.25) is 0 Å². The van der Waals surface area contributed by atoms with Gasteiger partial charge in [-0.1, -0.05) is 23.3 Å². The SMILES string of the molecule is Cc1ccc(C(=O)N2CCC(c3ccc(C#N)cc3)CC2)cc1-c1nnc(N)o1. The number of rotatable bonds is 3. The van der Waals surface area contributed by atoms with Crippen molar-refractivity contribution in [1.29, 1.82) is 5.26 Å². The van der Waals surface area contributed by atoms with E-state index in [1.807, 2.05) is 48.2 Å². The molecule has 3 aromatic rings. The molecule has 7 heteroatoms. The number of carbonyl (C=O) groups is 1. The number of aromatic nitrogens is 2. The van der Waals surface area contributed by atoms with E-state index in [4.69, 9.17) is 15.4 Å². The van der Waals surface area contributed by atoms with E-state index in [-0.39, 0.29) is 11.9 Å². The number of carbonyl (C=O) groups excluding carboxylic acids is 1. The highest BCUT2D eigenvalue weighted by atomic mass is 16.4. The number of anilines is 1. The molecule has 29 heavy (non-hydrogen) atoms. The number of benzene rings is 2. The van der Waals surface area contributed by atoms with Gasteiger partial charge in [0.1, 0.15) is 0 Å². The minimum atomic E-state index is -0.00276. The standard InChI is InChI=1S/C22H21N5O2/c1-14-2-5-18(12-19(14)20-25-26-22(24)29-20)21(28)27-10-8-17(9-11-27)16-6-3-15(13-23)4-7-16/h2-7,12,17H,8-11H2,1H3,(H2,24,26). The Hall–Kier alpha value is -3.66. The third kappa shape index (κ3) is 3.83. The van der Waals surface area contributed by atoms with Gasteiger partial charge in [0.2, 0.25) is 5.89 Å². The van der Waals surface area contributed by atoms with Gasteiger partial charge in [-0.3, -0.25) is 4.79 Å². The first-order valence-electron chi connectivity index (χ1n) is 9.54. The largest absolute Gasteiger partial charge is 0.404 e. The highest BCUT2D eigenvalue weighted by Gasteiger charge is 2.25. The minimum absolute atomic E-state index is 0.000930. The lowest BCUT2D eigenvalue weighted by atomic mass is 9.89. The average Bonchev–Trinajstić information content (AvgIpc) is 3.20. The van der Waals surface area contributed by atoms with Crippen LogP contribution in [0.1, 0.15) is 45.8 Å². The van der Waals surface area contributed by atoms with E-state index in [1.165, 1.54) is 5.56 Å². The molecule has 0 unspecified atom stereocenters. The fraction of sp³-hybridized carbons (Fsp3) is 0.273. The molecule has 0 saturated carbocycles. The van der Waals surface area contributed by atoms with Crippen LogP contribution in [0.5, 0.6) is 0 Å². The van der Waals surface area contributed by atoms with Gasteiger partial charge in [0.05, 0.1) is 11.6 Å². The van der Waals surface area contributed by atoms with Crippen LogP contribution in [0.3, 0.4) is 0 Å². The zero-order chi connectivity index (χ0) is 20.4. The van der Waals surface area contributed by atoms with Crippen molar-refractivity contribution in [1.82, 2.24) is 15.1 Å². The first-order chi connectivity index (χ1) is 14.0. The van der Waals surface area contributed by atoms with Crippen molar-refractivity contribution >= 4 is 11.9 Å². The van der Waals surface area contributed by atoms with E-state index < -0.39 is 0 Å². The fourth-order valence-corrected chi connectivity index (χ4v) is 3.76. The van der Waals surface area contributed by atoms with E-state index in [9.17, 15) is 4.79 Å². The molecule has 0 aliphatic carbocycles. The Morgan fingerprint density at radius 2 is 1.90 bits per heavy atom. The summed E-state index contributed by atoms with van der Waals surface area (Å²) in [5.41, 5.74) is 9.66. The molecule has 1 fully saturated rings. The van der Waals surface area contributed by atoms with Gasteiger partial charge in [-0.2, -0.15) is 5.26 Å². The molecule has 1 amide bonds. The number of amides is 1. The summed E-state index contributed by atoms with van der Waals surface area (Å²) in [6.07, 6.45) is 1.80. The van der Waals surface area contributed by atoms with E-state index in [0.29, 0.717) is 41.6 Å². The second kappa shape index (κ2) is 7.76. The Morgan fingerprint density at radius 1 is 1.17 bits per heavy atom. The molecule has 0 radical (unpaired) electrons. The summed E-state index contributed by atoms with van der Waals surface area (Å²) >= 11 is 0. The Kier molecular flexibility index (Phi) is 5.00. The number of nitrogen functional groups attached to an aromatic ring is 1. The van der Waals surface area contributed by atoms with E-state index in [1.54, 1.807) is 6.07 Å². The number of likely N-dealkylation sites (tertiary alicyclic amines) is 1. The van der Waals surface area contributed by atoms with Gasteiger partial charge in [0.15, 0.2) is 0 Å². The maximum Gasteiger partial charge on any atom is 0.313 e. The van der Waals surface area contributed by atoms with Crippen LogP contribution >= 0.6 is 0 Å². The molecule has 7 nitrogen and oxygen atoms in total. The molecule has 2 aromatic carbocycles. The van der Waals surface area contributed by atoms with Gasteiger partial charge in [-0.25, -0.2) is 0 Å². The maximum absolute atomic E-state index is 13.0. The Morgan fingerprint density at radius 3 is 2.52 bits per heavy atom. The van der Waals surface area contributed by atoms with E-state index in [2.05, 4.69) is 16.3 Å². The van der Waals surface area contributed by atoms with Crippen LogP contribution in [0.25, 0.3) is 11.5 Å². The molecule has 0 atom stereocenters. The van der Waals surface area contributed by atoms with Gasteiger partial charge in [0.25, 0.3) is 5.91 Å². The van der Waals surface area contributed by atoms with Crippen molar-refractivity contribution in [3.8, 4) is 17.5 Å². The van der Waals surface area contributed by atoms with Crippen LogP contribution in [0, 0.1) is 18.3 Å². The number of hydrogen-bond acceptors (Lipinski definition) is 6. The van der Waals surface area contributed by atoms with Crippen molar-refractivity contribution in [2.75, 3.05) is 18.8 Å². The maximum atomic E-state index is 13.0. The molecular formula is C22H21N5O2. The smallest absolute Gasteiger partial charge is 0.313 e. The number of aryl methyl sites for hydroxylation is 1. The molecular weight excluding hydrogens is 366 g/mol. The molecule has 2 heterocycles. The summed E-state index contributed by atoms with van der Waals surface area (Å²) in [6, 6.07) is 15.4. The van der Waals surface area contributed by atoms with Crippen LogP contribution in [-0.2, 0) is 0 Å². The summed E-state index contributed by atoms with van der Waals surface area (Å²) in [5.74, 6) is 0.716. The highest BCUT2D eigenvalue weighted by molar-refractivity contribution is 5.95. The lowest BCUT2D eigenvalue weighted by Crippen LogP contribution is -2.37. The van der Waals surface area contributed by atoms with Gasteiger partial charge in [-0.15, -0.1) is 5.10 Å². The predicted octanol–water partition coefficient (Wildman–Crippen LogP) is 3.52. The van der Waals surface area contributed by atoms with Crippen LogP contribution in [0.4, 0.5) is 6.01 Å². The fourth-order valence-electron chi connectivity index (χ4n) is 3.76. The zero-order valence-electron chi connectivity index (χ0n) is 16.1. The lowest BCUT2D eigenvalue weighted by molar-refractivity contribution is 0.0713. The van der Waals surface area contributed by atoms with Crippen LogP contribution in [0.15, 0.2) is 46.9 Å². The van der Waals surface area contributed by atoms with Gasteiger partial charge < -0.3 is 15.1 Å². The summed E-state index contributed by atoms with van der Waals surface area (Å²) in [4.78, 5) is 14.9. The third-order valence-electron chi connectivity index (χ3n) is 5.45. The summed E-state index contributed by atoms with van der Waals surface area (Å²) in [7, 11) is 0. The molecule has 1 aromatic heterocycles. The quantitative estimate of drug-likeness (QED) is 0.736. The van der Waals surface area contributed by atoms with Crippen molar-refractivity contribution in [3.63, 3.8) is 0 Å². The lowest BCUT2D eigenvalue weighted by Gasteiger charge is -2.32. The van der Waals surface area contributed by atoms with Gasteiger partial charge in [0, 0.05) is 24.2 Å². The second-order valence-corrected chi connectivity index (χ2v) is 7.28. The normalized spacial score (nSPS) is 14.6. The van der Waals surface area contributed by atoms with Crippen molar-refractivity contribution in [2.45, 2.75) is 25.7 Å². The second-order valence-electron chi connectivity index (χ2n) is 7.28. The Balaban J connectivity index is 1.46.